The van der Waals surface area contributed by atoms with Gasteiger partial charge in [-0.15, -0.1) is 0 Å². The molecule has 3 rings (SSSR count). The smallest absolute Gasteiger partial charge is 0.203 e. The number of para-hydroxylation sites is 2. The van der Waals surface area contributed by atoms with Crippen LogP contribution in [0, 0.1) is 0 Å². The van der Waals surface area contributed by atoms with Gasteiger partial charge in [-0.2, -0.15) is 0 Å². The van der Waals surface area contributed by atoms with Crippen LogP contribution in [0.3, 0.4) is 0 Å². The zero-order valence-corrected chi connectivity index (χ0v) is 9.88. The summed E-state index contributed by atoms with van der Waals surface area (Å²) in [6.45, 7) is 0. The lowest BCUT2D eigenvalue weighted by molar-refractivity contribution is 0.555. The van der Waals surface area contributed by atoms with Gasteiger partial charge in [0, 0.05) is 16.2 Å². The molecule has 17 heavy (non-hydrogen) atoms. The highest BCUT2D eigenvalue weighted by Gasteiger charge is 2.17. The lowest BCUT2D eigenvalue weighted by Crippen LogP contribution is -2.03. The molecule has 0 saturated carbocycles. The van der Waals surface area contributed by atoms with Gasteiger partial charge in [-0.25, -0.2) is 0 Å². The first-order valence-electron chi connectivity index (χ1n) is 5.39. The van der Waals surface area contributed by atoms with Crippen molar-refractivity contribution in [2.24, 2.45) is 0 Å². The van der Waals surface area contributed by atoms with Gasteiger partial charge in [-0.1, -0.05) is 36.0 Å². The maximum absolute atomic E-state index is 10.5. The second kappa shape index (κ2) is 4.26. The molecule has 2 aromatic carbocycles. The Morgan fingerprint density at radius 3 is 2.76 bits per heavy atom. The van der Waals surface area contributed by atoms with E-state index >= 15 is 0 Å². The number of hydrogen-bond acceptors (Lipinski definition) is 3. The number of benzene rings is 2. The molecular formula is C14H10NOS. The molecule has 83 valence electrons. The van der Waals surface area contributed by atoms with Gasteiger partial charge in [0.05, 0.1) is 11.4 Å². The molecular weight excluding hydrogens is 230 g/mol. The summed E-state index contributed by atoms with van der Waals surface area (Å²) in [4.78, 5) is 12.9. The van der Waals surface area contributed by atoms with E-state index in [0.717, 1.165) is 21.8 Å². The third-order valence-corrected chi connectivity index (χ3v) is 3.88. The molecule has 0 aliphatic carbocycles. The minimum Gasteiger partial charge on any atom is -0.353 e. The first-order valence-corrected chi connectivity index (χ1v) is 6.21. The maximum Gasteiger partial charge on any atom is 0.203 e. The van der Waals surface area contributed by atoms with E-state index in [2.05, 4.69) is 17.4 Å². The molecule has 0 fully saturated rings. The van der Waals surface area contributed by atoms with E-state index in [9.17, 15) is 4.79 Å². The Kier molecular flexibility index (Phi) is 2.61. The van der Waals surface area contributed by atoms with Crippen molar-refractivity contribution >= 4 is 29.4 Å². The zero-order chi connectivity index (χ0) is 11.7. The van der Waals surface area contributed by atoms with Crippen LogP contribution in [0.2, 0.25) is 0 Å². The third-order valence-electron chi connectivity index (χ3n) is 2.74. The van der Waals surface area contributed by atoms with Gasteiger partial charge in [0.25, 0.3) is 0 Å². The minimum absolute atomic E-state index is 0.332. The molecule has 0 aromatic heterocycles. The number of fused-ring (bicyclic) bond motifs is 2. The normalized spacial score (nSPS) is 12.2. The zero-order valence-electron chi connectivity index (χ0n) is 9.07. The Morgan fingerprint density at radius 2 is 1.88 bits per heavy atom. The van der Waals surface area contributed by atoms with E-state index < -0.39 is 0 Å². The van der Waals surface area contributed by atoms with Gasteiger partial charge in [-0.3, -0.25) is 4.79 Å². The van der Waals surface area contributed by atoms with E-state index in [1.807, 2.05) is 36.6 Å². The predicted molar refractivity (Wildman–Crippen MR) is 69.7 cm³/mol. The number of nitrogens with one attached hydrogen (secondary N) is 1. The maximum atomic E-state index is 10.5. The molecule has 1 aliphatic heterocycles. The Morgan fingerprint density at radius 1 is 1.06 bits per heavy atom. The van der Waals surface area contributed by atoms with Crippen LogP contribution in [-0.4, -0.2) is 6.29 Å². The molecule has 0 atom stereocenters. The molecule has 0 spiro atoms. The summed E-state index contributed by atoms with van der Waals surface area (Å²) in [5.74, 6) is 0. The molecule has 0 saturated heterocycles. The van der Waals surface area contributed by atoms with Crippen molar-refractivity contribution in [3.63, 3.8) is 0 Å². The second-order valence-electron chi connectivity index (χ2n) is 3.83. The molecule has 1 heterocycles. The third kappa shape index (κ3) is 1.83. The van der Waals surface area contributed by atoms with E-state index in [-0.39, 0.29) is 0 Å². The fourth-order valence-electron chi connectivity index (χ4n) is 1.94. The highest BCUT2D eigenvalue weighted by molar-refractivity contribution is 7.99. The topological polar surface area (TPSA) is 29.1 Å². The van der Waals surface area contributed by atoms with Gasteiger partial charge >= 0.3 is 0 Å². The van der Waals surface area contributed by atoms with E-state index in [4.69, 9.17) is 0 Å². The summed E-state index contributed by atoms with van der Waals surface area (Å²) in [7, 11) is 0. The average molecular weight is 240 g/mol. The molecule has 3 heteroatoms. The lowest BCUT2D eigenvalue weighted by Gasteiger charge is -2.22. The summed E-state index contributed by atoms with van der Waals surface area (Å²) in [6.07, 6.45) is 2.29. The Balaban J connectivity index is 2.08. The number of anilines is 2. The molecule has 1 radical (unpaired) electrons. The highest BCUT2D eigenvalue weighted by Crippen LogP contribution is 2.45. The fourth-order valence-corrected chi connectivity index (χ4v) is 2.98. The van der Waals surface area contributed by atoms with Gasteiger partial charge in [-0.05, 0) is 23.8 Å². The minimum atomic E-state index is 0.332. The van der Waals surface area contributed by atoms with Crippen molar-refractivity contribution in [1.29, 1.82) is 0 Å². The fraction of sp³-hybridized carbons (Fsp3) is 0.0714. The first-order chi connectivity index (χ1) is 8.38. The van der Waals surface area contributed by atoms with Crippen LogP contribution in [0.5, 0.6) is 0 Å². The Hall–Kier alpha value is -1.74. The average Bonchev–Trinajstić information content (AvgIpc) is 2.37. The van der Waals surface area contributed by atoms with Gasteiger partial charge in [0.2, 0.25) is 6.29 Å². The Labute approximate surface area is 104 Å². The molecule has 1 N–H and O–H groups in total. The first kappa shape index (κ1) is 10.4. The number of carbonyl (C=O) groups excluding carboxylic acids is 1. The van der Waals surface area contributed by atoms with Crippen molar-refractivity contribution in [3.8, 4) is 0 Å². The largest absolute Gasteiger partial charge is 0.353 e. The summed E-state index contributed by atoms with van der Waals surface area (Å²) in [5, 5.41) is 3.39. The van der Waals surface area contributed by atoms with Crippen LogP contribution in [0.1, 0.15) is 5.56 Å². The predicted octanol–water partition coefficient (Wildman–Crippen LogP) is 3.55. The van der Waals surface area contributed by atoms with E-state index in [1.165, 1.54) is 4.90 Å². The monoisotopic (exact) mass is 240 g/mol. The van der Waals surface area contributed by atoms with Crippen LogP contribution in [-0.2, 0) is 11.2 Å². The summed E-state index contributed by atoms with van der Waals surface area (Å²) in [5.41, 5.74) is 3.14. The summed E-state index contributed by atoms with van der Waals surface area (Å²) < 4.78 is 0. The highest BCUT2D eigenvalue weighted by atomic mass is 32.2. The quantitative estimate of drug-likeness (QED) is 0.742. The number of hydrogen-bond donors (Lipinski definition) is 1. The van der Waals surface area contributed by atoms with Crippen LogP contribution in [0.25, 0.3) is 0 Å². The van der Waals surface area contributed by atoms with Crippen molar-refractivity contribution in [2.75, 3.05) is 5.32 Å². The van der Waals surface area contributed by atoms with E-state index in [0.29, 0.717) is 6.42 Å². The van der Waals surface area contributed by atoms with Crippen LogP contribution >= 0.6 is 11.8 Å². The van der Waals surface area contributed by atoms with Crippen molar-refractivity contribution in [1.82, 2.24) is 0 Å². The standard InChI is InChI=1S/C14H10NOS/c16-9-8-10-4-3-7-13-14(10)15-11-5-1-2-6-12(11)17-13/h1-7,15H,8H2. The Bertz CT molecular complexity index is 580. The molecule has 0 bridgehead atoms. The summed E-state index contributed by atoms with van der Waals surface area (Å²) in [6, 6.07) is 14.2. The molecule has 2 nitrogen and oxygen atoms in total. The molecule has 0 amide bonds. The summed E-state index contributed by atoms with van der Waals surface area (Å²) >= 11 is 1.73. The second-order valence-corrected chi connectivity index (χ2v) is 4.92. The van der Waals surface area contributed by atoms with Crippen LogP contribution in [0.4, 0.5) is 11.4 Å². The molecule has 1 aliphatic rings. The SMILES string of the molecule is O=[C]Cc1cccc2c1Nc1ccccc1S2. The van der Waals surface area contributed by atoms with Crippen LogP contribution in [0.15, 0.2) is 52.3 Å². The van der Waals surface area contributed by atoms with Crippen LogP contribution < -0.4 is 5.32 Å². The number of rotatable bonds is 2. The van der Waals surface area contributed by atoms with Gasteiger partial charge < -0.3 is 5.32 Å². The van der Waals surface area contributed by atoms with E-state index in [1.54, 1.807) is 11.8 Å². The lowest BCUT2D eigenvalue weighted by atomic mass is 10.1. The van der Waals surface area contributed by atoms with Crippen molar-refractivity contribution in [3.05, 3.63) is 48.0 Å². The van der Waals surface area contributed by atoms with Crippen molar-refractivity contribution < 1.29 is 4.79 Å². The van der Waals surface area contributed by atoms with Crippen molar-refractivity contribution in [2.45, 2.75) is 16.2 Å². The van der Waals surface area contributed by atoms with Gasteiger partial charge in [0.1, 0.15) is 0 Å². The molecule has 2 aromatic rings. The van der Waals surface area contributed by atoms with Gasteiger partial charge in [0.15, 0.2) is 0 Å². The molecule has 0 unspecified atom stereocenters.